The van der Waals surface area contributed by atoms with E-state index in [1.54, 1.807) is 0 Å². The summed E-state index contributed by atoms with van der Waals surface area (Å²) in [6, 6.07) is -0.957. The predicted octanol–water partition coefficient (Wildman–Crippen LogP) is 2.23. The molecule has 3 rings (SSSR count). The molecule has 4 N–H and O–H groups in total. The zero-order valence-corrected chi connectivity index (χ0v) is 16.2. The van der Waals surface area contributed by atoms with Crippen LogP contribution in [0.25, 0.3) is 5.95 Å². The number of aromatic nitrogens is 5. The van der Waals surface area contributed by atoms with Gasteiger partial charge < -0.3 is 21.3 Å². The third-order valence-corrected chi connectivity index (χ3v) is 4.24. The maximum absolute atomic E-state index is 14.5. The minimum atomic E-state index is -4.54. The van der Waals surface area contributed by atoms with E-state index < -0.39 is 30.5 Å². The third kappa shape index (κ3) is 4.86. The molecule has 0 saturated carbocycles. The third-order valence-electron chi connectivity index (χ3n) is 4.24. The van der Waals surface area contributed by atoms with Gasteiger partial charge in [0.1, 0.15) is 12.6 Å². The molecule has 1 aliphatic heterocycles. The van der Waals surface area contributed by atoms with Gasteiger partial charge in [0, 0.05) is 18.3 Å². The summed E-state index contributed by atoms with van der Waals surface area (Å²) in [5, 5.41) is 8.92. The second-order valence-corrected chi connectivity index (χ2v) is 7.03. The van der Waals surface area contributed by atoms with E-state index in [-0.39, 0.29) is 48.4 Å². The van der Waals surface area contributed by atoms with E-state index in [4.69, 9.17) is 5.73 Å². The lowest BCUT2D eigenvalue weighted by Crippen LogP contribution is -2.46. The number of amides is 1. The Bertz CT molecular complexity index is 932. The lowest BCUT2D eigenvalue weighted by Gasteiger charge is -2.25. The molecular weight excluding hydrogens is 410 g/mol. The van der Waals surface area contributed by atoms with Gasteiger partial charge in [-0.2, -0.15) is 27.8 Å². The van der Waals surface area contributed by atoms with Crippen molar-refractivity contribution in [3.63, 3.8) is 0 Å². The topological polar surface area (TPSA) is 127 Å². The molecule has 0 radical (unpaired) electrons. The summed E-state index contributed by atoms with van der Waals surface area (Å²) in [4.78, 5) is 25.5. The van der Waals surface area contributed by atoms with Crippen molar-refractivity contribution in [3.8, 4) is 5.95 Å². The number of nitrogens with one attached hydrogen (secondary N) is 2. The second-order valence-electron chi connectivity index (χ2n) is 7.03. The number of halogens is 4. The number of alkyl halides is 3. The first-order valence-corrected chi connectivity index (χ1v) is 9.18. The van der Waals surface area contributed by atoms with E-state index >= 15 is 0 Å². The Morgan fingerprint density at radius 2 is 2.13 bits per heavy atom. The monoisotopic (exact) mass is 439 g/mol. The Balaban J connectivity index is 0. The second kappa shape index (κ2) is 8.28. The molecule has 10 nitrogen and oxygen atoms in total. The van der Waals surface area contributed by atoms with Gasteiger partial charge in [-0.1, -0.05) is 0 Å². The Morgan fingerprint density at radius 3 is 2.80 bits per heavy atom. The molecule has 1 amide bonds. The van der Waals surface area contributed by atoms with Crippen LogP contribution in [-0.2, 0) is 4.79 Å². The highest BCUT2D eigenvalue weighted by molar-refractivity contribution is 5.85. The highest BCUT2D eigenvalue weighted by Crippen LogP contribution is 2.27. The van der Waals surface area contributed by atoms with Crippen molar-refractivity contribution >= 4 is 23.6 Å². The van der Waals surface area contributed by atoms with Gasteiger partial charge in [0.25, 0.3) is 5.95 Å². The van der Waals surface area contributed by atoms with Gasteiger partial charge in [0.15, 0.2) is 11.6 Å². The van der Waals surface area contributed by atoms with Crippen molar-refractivity contribution in [2.45, 2.75) is 44.9 Å². The Labute approximate surface area is 174 Å². The molecule has 1 fully saturated rings. The van der Waals surface area contributed by atoms with Crippen molar-refractivity contribution in [1.29, 1.82) is 0 Å². The zero-order valence-electron chi connectivity index (χ0n) is 16.2. The van der Waals surface area contributed by atoms with E-state index in [0.717, 1.165) is 10.9 Å². The molecule has 0 aromatic carbocycles. The number of anilines is 3. The average molecular weight is 439 g/mol. The van der Waals surface area contributed by atoms with Gasteiger partial charge in [-0.3, -0.25) is 4.79 Å². The molecule has 1 saturated heterocycles. The van der Waals surface area contributed by atoms with Gasteiger partial charge in [-0.25, -0.2) is 9.37 Å². The molecule has 172 valence electrons. The van der Waals surface area contributed by atoms with E-state index in [0.29, 0.717) is 6.42 Å². The van der Waals surface area contributed by atoms with Gasteiger partial charge in [0.2, 0.25) is 17.8 Å². The molecule has 0 spiro atoms. The van der Waals surface area contributed by atoms with Crippen LogP contribution in [0.1, 0.15) is 32.4 Å². The van der Waals surface area contributed by atoms with Crippen LogP contribution < -0.4 is 21.3 Å². The molecule has 14 heteroatoms. The van der Waals surface area contributed by atoms with Crippen LogP contribution in [-0.4, -0.2) is 62.0 Å². The molecule has 30 heavy (non-hydrogen) atoms. The summed E-state index contributed by atoms with van der Waals surface area (Å²) in [6.07, 6.45) is -2.91. The van der Waals surface area contributed by atoms with Crippen LogP contribution in [0.2, 0.25) is 0 Å². The molecule has 0 aliphatic carbocycles. The van der Waals surface area contributed by atoms with Crippen molar-refractivity contribution in [2.75, 3.05) is 29.0 Å². The molecule has 1 aliphatic rings. The number of carbonyl (C=O) groups excluding carboxylic acids is 1. The number of hydrogen-bond acceptors (Lipinski definition) is 8. The Kier molecular flexibility index (Phi) is 5.94. The summed E-state index contributed by atoms with van der Waals surface area (Å²) in [7, 11) is 0. The Hall–Kier alpha value is -3.19. The number of carbonyl (C=O) groups is 1. The minimum Gasteiger partial charge on any atom is -0.368 e. The van der Waals surface area contributed by atoms with Crippen molar-refractivity contribution in [3.05, 3.63) is 12.0 Å². The van der Waals surface area contributed by atoms with Crippen molar-refractivity contribution in [2.24, 2.45) is 0 Å². The van der Waals surface area contributed by atoms with Crippen molar-refractivity contribution in [1.82, 2.24) is 30.0 Å². The summed E-state index contributed by atoms with van der Waals surface area (Å²) in [5.74, 6) is -1.81. The standard InChI is InChI=1S/C16H21F4N9O.4H2/c1-8(2)24-14-26-13(21)29(27-14)15-22-6-9(17)11(25-15)28-5-3-4-10(28)12(30)23-7-16(18,19)20;;;;/h6,8,10H,3-5,7H2,1-2H3,(H,23,30)(H3,21,24,26,27);4*1H/t10-;;;;/m1..../s1. The highest BCUT2D eigenvalue weighted by atomic mass is 19.4. The van der Waals surface area contributed by atoms with Crippen LogP contribution in [0.3, 0.4) is 0 Å². The molecule has 2 aromatic heterocycles. The van der Waals surface area contributed by atoms with E-state index in [1.165, 1.54) is 4.90 Å². The number of nitrogens with two attached hydrogens (primary N) is 1. The number of hydrogen-bond donors (Lipinski definition) is 3. The van der Waals surface area contributed by atoms with Gasteiger partial charge in [-0.05, 0) is 26.7 Å². The lowest BCUT2D eigenvalue weighted by molar-refractivity contribution is -0.139. The molecule has 2 aromatic rings. The molecular formula is C16H29F4N9O. The lowest BCUT2D eigenvalue weighted by atomic mass is 10.2. The summed E-state index contributed by atoms with van der Waals surface area (Å²) in [5.41, 5.74) is 5.84. The molecule has 1 atom stereocenters. The predicted molar refractivity (Wildman–Crippen MR) is 108 cm³/mol. The first-order chi connectivity index (χ1) is 14.0. The van der Waals surface area contributed by atoms with E-state index in [1.807, 2.05) is 19.2 Å². The largest absolute Gasteiger partial charge is 0.405 e. The average Bonchev–Trinajstić information content (AvgIpc) is 3.26. The van der Waals surface area contributed by atoms with Crippen LogP contribution in [0, 0.1) is 5.82 Å². The molecule has 3 heterocycles. The van der Waals surface area contributed by atoms with Crippen LogP contribution in [0.15, 0.2) is 6.20 Å². The van der Waals surface area contributed by atoms with Crippen molar-refractivity contribution < 1.29 is 28.1 Å². The minimum absolute atomic E-state index is 0. The fourth-order valence-corrected chi connectivity index (χ4v) is 3.04. The normalized spacial score (nSPS) is 16.9. The number of nitrogen functional groups attached to an aromatic ring is 1. The van der Waals surface area contributed by atoms with Gasteiger partial charge >= 0.3 is 6.18 Å². The van der Waals surface area contributed by atoms with Gasteiger partial charge in [0.05, 0.1) is 6.20 Å². The first kappa shape index (κ1) is 21.5. The smallest absolute Gasteiger partial charge is 0.368 e. The number of nitrogens with zero attached hydrogens (tertiary/aromatic N) is 6. The maximum atomic E-state index is 14.5. The first-order valence-electron chi connectivity index (χ1n) is 9.18. The van der Waals surface area contributed by atoms with Crippen LogP contribution in [0.5, 0.6) is 0 Å². The van der Waals surface area contributed by atoms with E-state index in [9.17, 15) is 22.4 Å². The van der Waals surface area contributed by atoms with Crippen LogP contribution >= 0.6 is 0 Å². The fourth-order valence-electron chi connectivity index (χ4n) is 3.04. The Morgan fingerprint density at radius 1 is 1.40 bits per heavy atom. The van der Waals surface area contributed by atoms with Crippen LogP contribution in [0.4, 0.5) is 35.3 Å². The fraction of sp³-hybridized carbons (Fsp3) is 0.562. The quantitative estimate of drug-likeness (QED) is 0.585. The van der Waals surface area contributed by atoms with Gasteiger partial charge in [-0.15, -0.1) is 5.10 Å². The van der Waals surface area contributed by atoms with E-state index in [2.05, 4.69) is 25.4 Å². The highest BCUT2D eigenvalue weighted by Gasteiger charge is 2.36. The maximum Gasteiger partial charge on any atom is 0.405 e. The SMILES string of the molecule is CC(C)Nc1nc(N)n(-c2ncc(F)c(N3CCC[C@@H]3C(=O)NCC(F)(F)F)n2)n1.[HH].[HH].[HH].[HH]. The molecule has 0 bridgehead atoms. The number of rotatable bonds is 6. The summed E-state index contributed by atoms with van der Waals surface area (Å²) < 4.78 is 52.8. The molecule has 0 unspecified atom stereocenters. The summed E-state index contributed by atoms with van der Waals surface area (Å²) >= 11 is 0. The zero-order chi connectivity index (χ0) is 22.1. The summed E-state index contributed by atoms with van der Waals surface area (Å²) in [6.45, 7) is 2.53.